The fourth-order valence-corrected chi connectivity index (χ4v) is 7.78. The van der Waals surface area contributed by atoms with Gasteiger partial charge in [-0.2, -0.15) is 10.5 Å². The first-order valence-corrected chi connectivity index (χ1v) is 16.2. The summed E-state index contributed by atoms with van der Waals surface area (Å²) in [6.45, 7) is 0. The number of para-hydroxylation sites is 3. The van der Waals surface area contributed by atoms with Crippen molar-refractivity contribution in [1.29, 1.82) is 10.5 Å². The number of benzene rings is 7. The predicted octanol–water partition coefficient (Wildman–Crippen LogP) is 10.7. The number of nitriles is 2. The van der Waals surface area contributed by atoms with E-state index in [-0.39, 0.29) is 0 Å². The Labute approximate surface area is 280 Å². The standard InChI is InChI=1S/C44H25N5/c45-26-28-17-19-41-35(21-28)36-22-29(27-46)18-20-42(36)48(41)31-11-8-12-32(23-31)49-40-16-7-5-14-34(40)38-24-37-33-13-4-6-15-39(33)47(43(37)25-44(38)49)30-9-2-1-3-10-30/h1-25H. The van der Waals surface area contributed by atoms with Crippen molar-refractivity contribution in [2.75, 3.05) is 0 Å². The molecule has 3 heterocycles. The molecule has 0 bridgehead atoms. The van der Waals surface area contributed by atoms with E-state index in [2.05, 4.69) is 141 Å². The summed E-state index contributed by atoms with van der Waals surface area (Å²) in [6.07, 6.45) is 0. The third-order valence-corrected chi connectivity index (χ3v) is 9.85. The van der Waals surface area contributed by atoms with Crippen LogP contribution in [0.3, 0.4) is 0 Å². The van der Waals surface area contributed by atoms with Gasteiger partial charge in [-0.1, -0.05) is 60.7 Å². The van der Waals surface area contributed by atoms with Crippen molar-refractivity contribution in [2.24, 2.45) is 0 Å². The number of hydrogen-bond donors (Lipinski definition) is 0. The molecular weight excluding hydrogens is 599 g/mol. The lowest BCUT2D eigenvalue weighted by Gasteiger charge is -2.13. The molecule has 49 heavy (non-hydrogen) atoms. The Kier molecular flexibility index (Phi) is 5.64. The first kappa shape index (κ1) is 27.1. The summed E-state index contributed by atoms with van der Waals surface area (Å²) in [7, 11) is 0. The van der Waals surface area contributed by atoms with Crippen molar-refractivity contribution >= 4 is 65.4 Å². The van der Waals surface area contributed by atoms with Crippen LogP contribution in [0.1, 0.15) is 11.1 Å². The van der Waals surface area contributed by atoms with Crippen molar-refractivity contribution in [1.82, 2.24) is 13.7 Å². The molecule has 10 rings (SSSR count). The van der Waals surface area contributed by atoms with Gasteiger partial charge in [-0.3, -0.25) is 0 Å². The Balaban J connectivity index is 1.28. The van der Waals surface area contributed by atoms with Crippen molar-refractivity contribution in [3.63, 3.8) is 0 Å². The lowest BCUT2D eigenvalue weighted by molar-refractivity contribution is 1.13. The van der Waals surface area contributed by atoms with E-state index in [0.717, 1.165) is 55.4 Å². The molecule has 7 aromatic carbocycles. The maximum Gasteiger partial charge on any atom is 0.0991 e. The summed E-state index contributed by atoms with van der Waals surface area (Å²) < 4.78 is 6.97. The van der Waals surface area contributed by atoms with E-state index < -0.39 is 0 Å². The van der Waals surface area contributed by atoms with Gasteiger partial charge in [0.05, 0.1) is 56.4 Å². The summed E-state index contributed by atoms with van der Waals surface area (Å²) in [5, 5.41) is 26.1. The average Bonchev–Trinajstić information content (AvgIpc) is 3.78. The number of aromatic nitrogens is 3. The van der Waals surface area contributed by atoms with Crippen LogP contribution in [0.15, 0.2) is 152 Å². The smallest absolute Gasteiger partial charge is 0.0991 e. The van der Waals surface area contributed by atoms with Crippen LogP contribution in [0, 0.1) is 22.7 Å². The third-order valence-electron chi connectivity index (χ3n) is 9.85. The summed E-state index contributed by atoms with van der Waals surface area (Å²) >= 11 is 0. The minimum Gasteiger partial charge on any atom is -0.309 e. The van der Waals surface area contributed by atoms with Crippen LogP contribution >= 0.6 is 0 Å². The fourth-order valence-electron chi connectivity index (χ4n) is 7.78. The Hall–Kier alpha value is -7.08. The topological polar surface area (TPSA) is 62.4 Å². The Morgan fingerprint density at radius 2 is 0.735 bits per heavy atom. The molecule has 0 aliphatic heterocycles. The largest absolute Gasteiger partial charge is 0.309 e. The van der Waals surface area contributed by atoms with Crippen LogP contribution in [0.5, 0.6) is 0 Å². The molecular formula is C44H25N5. The molecule has 226 valence electrons. The minimum absolute atomic E-state index is 0.590. The van der Waals surface area contributed by atoms with E-state index in [1.165, 1.54) is 27.1 Å². The van der Waals surface area contributed by atoms with Crippen molar-refractivity contribution in [3.8, 4) is 29.2 Å². The van der Waals surface area contributed by atoms with Crippen LogP contribution in [-0.2, 0) is 0 Å². The fraction of sp³-hybridized carbons (Fsp3) is 0. The van der Waals surface area contributed by atoms with Crippen LogP contribution in [0.4, 0.5) is 0 Å². The molecule has 0 saturated heterocycles. The SMILES string of the molecule is N#Cc1ccc2c(c1)c1cc(C#N)ccc1n2-c1cccc(-n2c3ccccc3c3cc4c5ccccc5n(-c5ccccc5)c4cc32)c1. The highest BCUT2D eigenvalue weighted by atomic mass is 15.0. The minimum atomic E-state index is 0.590. The molecule has 0 unspecified atom stereocenters. The molecule has 5 nitrogen and oxygen atoms in total. The summed E-state index contributed by atoms with van der Waals surface area (Å²) in [5.74, 6) is 0. The maximum absolute atomic E-state index is 9.68. The number of nitrogens with zero attached hydrogens (tertiary/aromatic N) is 5. The Morgan fingerprint density at radius 3 is 1.29 bits per heavy atom. The van der Waals surface area contributed by atoms with Crippen LogP contribution in [0.25, 0.3) is 82.5 Å². The van der Waals surface area contributed by atoms with Gasteiger partial charge in [0, 0.05) is 49.4 Å². The molecule has 5 heteroatoms. The highest BCUT2D eigenvalue weighted by Gasteiger charge is 2.19. The van der Waals surface area contributed by atoms with Gasteiger partial charge in [0.2, 0.25) is 0 Å². The zero-order valence-corrected chi connectivity index (χ0v) is 26.2. The average molecular weight is 624 g/mol. The second kappa shape index (κ2) is 10.2. The first-order valence-electron chi connectivity index (χ1n) is 16.2. The second-order valence-electron chi connectivity index (χ2n) is 12.5. The van der Waals surface area contributed by atoms with E-state index >= 15 is 0 Å². The van der Waals surface area contributed by atoms with Gasteiger partial charge in [0.15, 0.2) is 0 Å². The van der Waals surface area contributed by atoms with E-state index in [1.54, 1.807) is 0 Å². The van der Waals surface area contributed by atoms with Crippen molar-refractivity contribution in [2.45, 2.75) is 0 Å². The zero-order chi connectivity index (χ0) is 32.6. The second-order valence-corrected chi connectivity index (χ2v) is 12.5. The molecule has 0 amide bonds. The van der Waals surface area contributed by atoms with E-state index in [0.29, 0.717) is 11.1 Å². The molecule has 0 aliphatic rings. The van der Waals surface area contributed by atoms with E-state index in [4.69, 9.17) is 0 Å². The van der Waals surface area contributed by atoms with Gasteiger partial charge < -0.3 is 13.7 Å². The predicted molar refractivity (Wildman–Crippen MR) is 199 cm³/mol. The number of rotatable bonds is 3. The first-order chi connectivity index (χ1) is 24.2. The lowest BCUT2D eigenvalue weighted by atomic mass is 10.1. The summed E-state index contributed by atoms with van der Waals surface area (Å²) in [4.78, 5) is 0. The zero-order valence-electron chi connectivity index (χ0n) is 26.2. The Bertz CT molecular complexity index is 3000. The van der Waals surface area contributed by atoms with Gasteiger partial charge in [-0.05, 0) is 91.0 Å². The van der Waals surface area contributed by atoms with Gasteiger partial charge in [0.25, 0.3) is 0 Å². The third kappa shape index (κ3) is 3.85. The lowest BCUT2D eigenvalue weighted by Crippen LogP contribution is -1.99. The molecule has 0 spiro atoms. The van der Waals surface area contributed by atoms with Gasteiger partial charge >= 0.3 is 0 Å². The summed E-state index contributed by atoms with van der Waals surface area (Å²) in [6, 6.07) is 57.3. The van der Waals surface area contributed by atoms with Gasteiger partial charge in [-0.15, -0.1) is 0 Å². The monoisotopic (exact) mass is 623 g/mol. The normalized spacial score (nSPS) is 11.6. The van der Waals surface area contributed by atoms with Crippen molar-refractivity contribution in [3.05, 3.63) is 163 Å². The summed E-state index contributed by atoms with van der Waals surface area (Å²) in [5.41, 5.74) is 10.9. The molecule has 10 aromatic rings. The molecule has 0 saturated carbocycles. The maximum atomic E-state index is 9.68. The molecule has 0 atom stereocenters. The molecule has 0 radical (unpaired) electrons. The van der Waals surface area contributed by atoms with Crippen LogP contribution in [0.2, 0.25) is 0 Å². The highest BCUT2D eigenvalue weighted by Crippen LogP contribution is 2.40. The molecule has 3 aromatic heterocycles. The van der Waals surface area contributed by atoms with E-state index in [9.17, 15) is 10.5 Å². The number of hydrogen-bond acceptors (Lipinski definition) is 2. The van der Waals surface area contributed by atoms with Crippen molar-refractivity contribution < 1.29 is 0 Å². The van der Waals surface area contributed by atoms with Crippen LogP contribution in [-0.4, -0.2) is 13.7 Å². The number of fused-ring (bicyclic) bond motifs is 9. The van der Waals surface area contributed by atoms with E-state index in [1.807, 2.05) is 36.4 Å². The molecule has 0 fully saturated rings. The quantitative estimate of drug-likeness (QED) is 0.197. The molecule has 0 aliphatic carbocycles. The highest BCUT2D eigenvalue weighted by molar-refractivity contribution is 6.19. The van der Waals surface area contributed by atoms with Gasteiger partial charge in [-0.25, -0.2) is 0 Å². The van der Waals surface area contributed by atoms with Gasteiger partial charge in [0.1, 0.15) is 0 Å². The van der Waals surface area contributed by atoms with Crippen LogP contribution < -0.4 is 0 Å². The molecule has 0 N–H and O–H groups in total. The Morgan fingerprint density at radius 1 is 0.306 bits per heavy atom.